The third kappa shape index (κ3) is 2.93. The van der Waals surface area contributed by atoms with Gasteiger partial charge in [-0.1, -0.05) is 13.0 Å². The van der Waals surface area contributed by atoms with Crippen LogP contribution in [0.25, 0.3) is 11.1 Å². The summed E-state index contributed by atoms with van der Waals surface area (Å²) < 4.78 is 6.73. The molecule has 1 aromatic heterocycles. The van der Waals surface area contributed by atoms with Crippen LogP contribution in [0.5, 0.6) is 5.75 Å². The summed E-state index contributed by atoms with van der Waals surface area (Å²) >= 11 is 0. The first-order chi connectivity index (χ1) is 9.13. The highest BCUT2D eigenvalue weighted by molar-refractivity contribution is 5.71. The third-order valence-corrected chi connectivity index (χ3v) is 2.91. The van der Waals surface area contributed by atoms with Crippen molar-refractivity contribution in [1.82, 2.24) is 9.78 Å². The van der Waals surface area contributed by atoms with Crippen molar-refractivity contribution >= 4 is 5.97 Å². The Balaban J connectivity index is 2.39. The number of ether oxygens (including phenoxy) is 1. The molecule has 2 aromatic rings. The number of nitrogens with zero attached hydrogens (tertiary/aromatic N) is 2. The van der Waals surface area contributed by atoms with Gasteiger partial charge in [-0.25, -0.2) is 0 Å². The number of rotatable bonds is 5. The Kier molecular flexibility index (Phi) is 3.85. The third-order valence-electron chi connectivity index (χ3n) is 2.91. The van der Waals surface area contributed by atoms with Crippen molar-refractivity contribution in [3.05, 3.63) is 36.2 Å². The number of hydrogen-bond acceptors (Lipinski definition) is 3. The van der Waals surface area contributed by atoms with Gasteiger partial charge in [-0.3, -0.25) is 9.48 Å². The number of carbonyl (C=O) groups is 1. The highest BCUT2D eigenvalue weighted by Crippen LogP contribution is 2.30. The van der Waals surface area contributed by atoms with Crippen LogP contribution in [-0.2, 0) is 17.8 Å². The van der Waals surface area contributed by atoms with Gasteiger partial charge in [-0.2, -0.15) is 5.10 Å². The second-order valence-electron chi connectivity index (χ2n) is 4.21. The van der Waals surface area contributed by atoms with Crippen molar-refractivity contribution in [3.63, 3.8) is 0 Å². The van der Waals surface area contributed by atoms with Crippen molar-refractivity contribution in [2.24, 2.45) is 0 Å². The van der Waals surface area contributed by atoms with Gasteiger partial charge in [-0.15, -0.1) is 0 Å². The van der Waals surface area contributed by atoms with E-state index < -0.39 is 5.97 Å². The quantitative estimate of drug-likeness (QED) is 0.895. The van der Waals surface area contributed by atoms with Crippen LogP contribution >= 0.6 is 0 Å². The van der Waals surface area contributed by atoms with Gasteiger partial charge in [0.2, 0.25) is 0 Å². The molecule has 5 heteroatoms. The lowest BCUT2D eigenvalue weighted by Gasteiger charge is -2.08. The Morgan fingerprint density at radius 1 is 1.47 bits per heavy atom. The fourth-order valence-corrected chi connectivity index (χ4v) is 1.93. The number of carboxylic acid groups (broad SMARTS) is 1. The van der Waals surface area contributed by atoms with Crippen molar-refractivity contribution < 1.29 is 14.6 Å². The fraction of sp³-hybridized carbons (Fsp3) is 0.286. The molecule has 19 heavy (non-hydrogen) atoms. The highest BCUT2D eigenvalue weighted by Gasteiger charge is 2.10. The first-order valence-corrected chi connectivity index (χ1v) is 6.05. The van der Waals surface area contributed by atoms with Crippen LogP contribution in [0.15, 0.2) is 30.6 Å². The van der Waals surface area contributed by atoms with Gasteiger partial charge in [0.05, 0.1) is 13.3 Å². The average Bonchev–Trinajstić information content (AvgIpc) is 2.85. The predicted molar refractivity (Wildman–Crippen MR) is 71.2 cm³/mol. The van der Waals surface area contributed by atoms with E-state index in [9.17, 15) is 4.79 Å². The summed E-state index contributed by atoms with van der Waals surface area (Å²) in [5, 5.41) is 12.8. The second kappa shape index (κ2) is 5.56. The zero-order valence-electron chi connectivity index (χ0n) is 11.0. The van der Waals surface area contributed by atoms with Crippen molar-refractivity contribution in [2.45, 2.75) is 19.9 Å². The number of aliphatic carboxylic acids is 1. The van der Waals surface area contributed by atoms with E-state index in [4.69, 9.17) is 9.84 Å². The van der Waals surface area contributed by atoms with Gasteiger partial charge in [0.1, 0.15) is 12.3 Å². The van der Waals surface area contributed by atoms with Gasteiger partial charge in [0.15, 0.2) is 0 Å². The monoisotopic (exact) mass is 260 g/mol. The van der Waals surface area contributed by atoms with Crippen molar-refractivity contribution in [3.8, 4) is 16.9 Å². The maximum absolute atomic E-state index is 10.7. The molecule has 0 spiro atoms. The number of carboxylic acids is 1. The lowest BCUT2D eigenvalue weighted by Crippen LogP contribution is -2.08. The molecule has 100 valence electrons. The predicted octanol–water partition coefficient (Wildman–Crippen LogP) is 2.21. The molecule has 0 radical (unpaired) electrons. The number of aryl methyl sites for hydroxylation is 1. The van der Waals surface area contributed by atoms with Gasteiger partial charge in [0.25, 0.3) is 0 Å². The molecule has 0 amide bonds. The lowest BCUT2D eigenvalue weighted by molar-refractivity contribution is -0.137. The van der Waals surface area contributed by atoms with Gasteiger partial charge in [-0.05, 0) is 24.1 Å². The molecule has 2 rings (SSSR count). The molecule has 1 heterocycles. The van der Waals surface area contributed by atoms with E-state index in [1.54, 1.807) is 19.5 Å². The standard InChI is InChI=1S/C14H16N2O3/c1-3-10-4-5-13(19-2)12(6-10)11-7-15-16(8-11)9-14(17)18/h4-8H,3,9H2,1-2H3,(H,17,18). The molecule has 0 fully saturated rings. The molecular formula is C14H16N2O3. The molecule has 0 aliphatic heterocycles. The summed E-state index contributed by atoms with van der Waals surface area (Å²) in [6.45, 7) is 1.94. The van der Waals surface area contributed by atoms with Crippen LogP contribution in [0.4, 0.5) is 0 Å². The number of aromatic nitrogens is 2. The SMILES string of the molecule is CCc1ccc(OC)c(-c2cnn(CC(=O)O)c2)c1. The number of methoxy groups -OCH3 is 1. The Morgan fingerprint density at radius 2 is 2.26 bits per heavy atom. The molecule has 0 aliphatic carbocycles. The van der Waals surface area contributed by atoms with Gasteiger partial charge < -0.3 is 9.84 Å². The van der Waals surface area contributed by atoms with Crippen LogP contribution in [0.3, 0.4) is 0 Å². The van der Waals surface area contributed by atoms with Crippen molar-refractivity contribution in [1.29, 1.82) is 0 Å². The van der Waals surface area contributed by atoms with Gasteiger partial charge >= 0.3 is 5.97 Å². The second-order valence-corrected chi connectivity index (χ2v) is 4.21. The number of hydrogen-bond donors (Lipinski definition) is 1. The van der Waals surface area contributed by atoms with Gasteiger partial charge in [0, 0.05) is 17.3 Å². The lowest BCUT2D eigenvalue weighted by atomic mass is 10.0. The Labute approximate surface area is 111 Å². The molecule has 5 nitrogen and oxygen atoms in total. The van der Waals surface area contributed by atoms with E-state index in [2.05, 4.69) is 12.0 Å². The average molecular weight is 260 g/mol. The summed E-state index contributed by atoms with van der Waals surface area (Å²) in [5.74, 6) is -0.156. The van der Waals surface area contributed by atoms with Crippen LogP contribution < -0.4 is 4.74 Å². The topological polar surface area (TPSA) is 64.4 Å². The largest absolute Gasteiger partial charge is 0.496 e. The summed E-state index contributed by atoms with van der Waals surface area (Å²) in [4.78, 5) is 10.7. The maximum Gasteiger partial charge on any atom is 0.325 e. The molecule has 0 atom stereocenters. The normalized spacial score (nSPS) is 10.4. The summed E-state index contributed by atoms with van der Waals surface area (Å²) in [6.07, 6.45) is 4.30. The minimum absolute atomic E-state index is 0.143. The van der Waals surface area contributed by atoms with E-state index in [1.807, 2.05) is 18.2 Å². The Morgan fingerprint density at radius 3 is 2.89 bits per heavy atom. The van der Waals surface area contributed by atoms with E-state index in [0.717, 1.165) is 23.3 Å². The molecule has 0 bridgehead atoms. The molecule has 1 N–H and O–H groups in total. The summed E-state index contributed by atoms with van der Waals surface area (Å²) in [7, 11) is 1.62. The number of benzene rings is 1. The van der Waals surface area contributed by atoms with E-state index in [0.29, 0.717) is 0 Å². The van der Waals surface area contributed by atoms with Crippen LogP contribution in [0.2, 0.25) is 0 Å². The Hall–Kier alpha value is -2.30. The van der Waals surface area contributed by atoms with Crippen LogP contribution in [0.1, 0.15) is 12.5 Å². The molecule has 0 aliphatic rings. The smallest absolute Gasteiger partial charge is 0.325 e. The summed E-state index contributed by atoms with van der Waals surface area (Å²) in [6, 6.07) is 5.98. The minimum Gasteiger partial charge on any atom is -0.496 e. The van der Waals surface area contributed by atoms with E-state index >= 15 is 0 Å². The summed E-state index contributed by atoms with van der Waals surface area (Å²) in [5.41, 5.74) is 2.98. The van der Waals surface area contributed by atoms with Crippen LogP contribution in [0, 0.1) is 0 Å². The van der Waals surface area contributed by atoms with Crippen LogP contribution in [-0.4, -0.2) is 28.0 Å². The maximum atomic E-state index is 10.7. The molecule has 0 saturated heterocycles. The molecule has 1 aromatic carbocycles. The zero-order chi connectivity index (χ0) is 13.8. The Bertz CT molecular complexity index is 590. The zero-order valence-corrected chi connectivity index (χ0v) is 11.0. The molecule has 0 saturated carbocycles. The molecular weight excluding hydrogens is 244 g/mol. The van der Waals surface area contributed by atoms with E-state index in [1.165, 1.54) is 10.2 Å². The fourth-order valence-electron chi connectivity index (χ4n) is 1.93. The van der Waals surface area contributed by atoms with Crippen molar-refractivity contribution in [2.75, 3.05) is 7.11 Å². The van der Waals surface area contributed by atoms with E-state index in [-0.39, 0.29) is 6.54 Å². The first-order valence-electron chi connectivity index (χ1n) is 6.05. The minimum atomic E-state index is -0.913. The highest BCUT2D eigenvalue weighted by atomic mass is 16.5. The molecule has 0 unspecified atom stereocenters. The first kappa shape index (κ1) is 13.1.